The van der Waals surface area contributed by atoms with Crippen molar-refractivity contribution < 1.29 is 4.79 Å². The highest BCUT2D eigenvalue weighted by Gasteiger charge is 2.45. The van der Waals surface area contributed by atoms with Crippen molar-refractivity contribution in [3.05, 3.63) is 29.5 Å². The monoisotopic (exact) mass is 315 g/mol. The highest BCUT2D eigenvalue weighted by atomic mass is 32.1. The Labute approximate surface area is 134 Å². The molecule has 1 fully saturated rings. The van der Waals surface area contributed by atoms with Crippen molar-refractivity contribution in [2.24, 2.45) is 5.41 Å². The average molecular weight is 315 g/mol. The second-order valence-electron chi connectivity index (χ2n) is 6.62. The molecule has 116 valence electrons. The maximum Gasteiger partial charge on any atom is 0.222 e. The summed E-state index contributed by atoms with van der Waals surface area (Å²) in [5, 5.41) is 2.11. The van der Waals surface area contributed by atoms with Crippen LogP contribution in [0.25, 0.3) is 10.6 Å². The van der Waals surface area contributed by atoms with E-state index < -0.39 is 0 Å². The minimum absolute atomic E-state index is 0.221. The summed E-state index contributed by atoms with van der Waals surface area (Å²) >= 11 is 1.76. The van der Waals surface area contributed by atoms with Gasteiger partial charge in [0.25, 0.3) is 0 Å². The van der Waals surface area contributed by atoms with E-state index in [1.54, 1.807) is 11.3 Å². The van der Waals surface area contributed by atoms with Crippen molar-refractivity contribution in [2.75, 3.05) is 13.1 Å². The lowest BCUT2D eigenvalue weighted by Gasteiger charge is -2.23. The Balaban J connectivity index is 1.55. The van der Waals surface area contributed by atoms with Gasteiger partial charge in [0.05, 0.1) is 16.8 Å². The third kappa shape index (κ3) is 2.19. The van der Waals surface area contributed by atoms with Gasteiger partial charge in [0.1, 0.15) is 5.82 Å². The lowest BCUT2D eigenvalue weighted by Crippen LogP contribution is -2.32. The number of thiophene rings is 1. The molecular formula is C17H21N3OS. The first kappa shape index (κ1) is 14.0. The number of amides is 1. The van der Waals surface area contributed by atoms with E-state index in [0.717, 1.165) is 38.9 Å². The quantitative estimate of drug-likeness (QED) is 0.872. The van der Waals surface area contributed by atoms with Gasteiger partial charge >= 0.3 is 0 Å². The first-order valence-corrected chi connectivity index (χ1v) is 8.95. The standard InChI is InChI=1S/C17H21N3OS/c1-2-4-16(21)19-7-6-17(11-19)9-15-18-10-13(20(15)12-17)14-5-3-8-22-14/h3,5,8,10H,2,4,6-7,9,11-12H2,1H3/t17-/m0/s1. The molecule has 1 atom stereocenters. The summed E-state index contributed by atoms with van der Waals surface area (Å²) in [6.07, 6.45) is 5.74. The molecule has 0 saturated carbocycles. The van der Waals surface area contributed by atoms with Gasteiger partial charge in [-0.25, -0.2) is 4.98 Å². The summed E-state index contributed by atoms with van der Waals surface area (Å²) in [6, 6.07) is 4.25. The van der Waals surface area contributed by atoms with E-state index >= 15 is 0 Å². The molecule has 0 radical (unpaired) electrons. The normalized spacial score (nSPS) is 23.4. The highest BCUT2D eigenvalue weighted by molar-refractivity contribution is 7.13. The van der Waals surface area contributed by atoms with Crippen LogP contribution in [-0.4, -0.2) is 33.4 Å². The molecule has 4 rings (SSSR count). The van der Waals surface area contributed by atoms with Gasteiger partial charge in [-0.05, 0) is 24.3 Å². The summed E-state index contributed by atoms with van der Waals surface area (Å²) in [4.78, 5) is 20.2. The minimum atomic E-state index is 0.221. The molecule has 5 heteroatoms. The Morgan fingerprint density at radius 1 is 1.45 bits per heavy atom. The third-order valence-electron chi connectivity index (χ3n) is 4.99. The van der Waals surface area contributed by atoms with Crippen LogP contribution >= 0.6 is 11.3 Å². The van der Waals surface area contributed by atoms with E-state index in [4.69, 9.17) is 0 Å². The van der Waals surface area contributed by atoms with Crippen molar-refractivity contribution in [1.29, 1.82) is 0 Å². The van der Waals surface area contributed by atoms with Crippen molar-refractivity contribution >= 4 is 17.2 Å². The van der Waals surface area contributed by atoms with Crippen LogP contribution in [0.4, 0.5) is 0 Å². The molecule has 1 spiro atoms. The zero-order valence-electron chi connectivity index (χ0n) is 12.9. The number of hydrogen-bond donors (Lipinski definition) is 0. The molecule has 0 N–H and O–H groups in total. The molecule has 1 amide bonds. The third-order valence-corrected chi connectivity index (χ3v) is 5.89. The molecule has 0 aliphatic carbocycles. The fraction of sp³-hybridized carbons (Fsp3) is 0.529. The summed E-state index contributed by atoms with van der Waals surface area (Å²) in [5.74, 6) is 1.51. The molecule has 4 nitrogen and oxygen atoms in total. The first-order chi connectivity index (χ1) is 10.7. The number of imidazole rings is 1. The SMILES string of the molecule is CCCC(=O)N1CC[C@]2(Cc3ncc(-c4cccs4)n3C2)C1. The number of nitrogens with zero attached hydrogens (tertiary/aromatic N) is 3. The number of likely N-dealkylation sites (tertiary alicyclic amines) is 1. The lowest BCUT2D eigenvalue weighted by atomic mass is 9.86. The number of hydrogen-bond acceptors (Lipinski definition) is 3. The van der Waals surface area contributed by atoms with E-state index in [-0.39, 0.29) is 5.41 Å². The fourth-order valence-corrected chi connectivity index (χ4v) is 4.62. The molecule has 2 aromatic heterocycles. The molecule has 0 unspecified atom stereocenters. The Hall–Kier alpha value is -1.62. The molecule has 0 bridgehead atoms. The topological polar surface area (TPSA) is 38.1 Å². The zero-order valence-corrected chi connectivity index (χ0v) is 13.7. The number of aromatic nitrogens is 2. The van der Waals surface area contributed by atoms with Gasteiger partial charge in [-0.2, -0.15) is 0 Å². The van der Waals surface area contributed by atoms with Crippen LogP contribution in [0.5, 0.6) is 0 Å². The Morgan fingerprint density at radius 2 is 2.36 bits per heavy atom. The van der Waals surface area contributed by atoms with Crippen LogP contribution < -0.4 is 0 Å². The second kappa shape index (κ2) is 5.23. The maximum atomic E-state index is 12.2. The van der Waals surface area contributed by atoms with Crippen LogP contribution in [0.2, 0.25) is 0 Å². The van der Waals surface area contributed by atoms with Gasteiger partial charge in [0.2, 0.25) is 5.91 Å². The number of fused-ring (bicyclic) bond motifs is 1. The van der Waals surface area contributed by atoms with E-state index in [0.29, 0.717) is 12.3 Å². The van der Waals surface area contributed by atoms with E-state index in [2.05, 4.69) is 38.9 Å². The molecule has 2 aromatic rings. The number of carbonyl (C=O) groups is 1. The molecule has 4 heterocycles. The first-order valence-electron chi connectivity index (χ1n) is 8.07. The summed E-state index contributed by atoms with van der Waals surface area (Å²) < 4.78 is 2.37. The molecule has 0 aromatic carbocycles. The Bertz CT molecular complexity index is 691. The van der Waals surface area contributed by atoms with Crippen LogP contribution in [0.15, 0.2) is 23.7 Å². The molecule has 1 saturated heterocycles. The van der Waals surface area contributed by atoms with Gasteiger partial charge in [-0.15, -0.1) is 11.3 Å². The number of rotatable bonds is 3. The molecular weight excluding hydrogens is 294 g/mol. The van der Waals surface area contributed by atoms with Gasteiger partial charge in [-0.1, -0.05) is 13.0 Å². The van der Waals surface area contributed by atoms with Crippen LogP contribution in [0.1, 0.15) is 32.0 Å². The van der Waals surface area contributed by atoms with Crippen molar-refractivity contribution in [1.82, 2.24) is 14.5 Å². The summed E-state index contributed by atoms with van der Waals surface area (Å²) in [5.41, 5.74) is 1.46. The second-order valence-corrected chi connectivity index (χ2v) is 7.56. The largest absolute Gasteiger partial charge is 0.342 e. The molecule has 22 heavy (non-hydrogen) atoms. The Morgan fingerprint density at radius 3 is 3.14 bits per heavy atom. The predicted octanol–water partition coefficient (Wildman–Crippen LogP) is 3.19. The highest BCUT2D eigenvalue weighted by Crippen LogP contribution is 2.43. The van der Waals surface area contributed by atoms with E-state index in [9.17, 15) is 4.79 Å². The van der Waals surface area contributed by atoms with Crippen molar-refractivity contribution in [2.45, 2.75) is 39.2 Å². The van der Waals surface area contributed by atoms with Crippen LogP contribution in [0.3, 0.4) is 0 Å². The average Bonchev–Trinajstić information content (AvgIpc) is 3.24. The number of carbonyl (C=O) groups excluding carboxylic acids is 1. The maximum absolute atomic E-state index is 12.2. The summed E-state index contributed by atoms with van der Waals surface area (Å²) in [7, 11) is 0. The van der Waals surface area contributed by atoms with Gasteiger partial charge in [-0.3, -0.25) is 4.79 Å². The minimum Gasteiger partial charge on any atom is -0.342 e. The summed E-state index contributed by atoms with van der Waals surface area (Å²) in [6.45, 7) is 4.89. The fourth-order valence-electron chi connectivity index (χ4n) is 3.87. The lowest BCUT2D eigenvalue weighted by molar-refractivity contribution is -0.130. The van der Waals surface area contributed by atoms with Crippen LogP contribution in [0, 0.1) is 5.41 Å². The van der Waals surface area contributed by atoms with E-state index in [1.807, 2.05) is 6.20 Å². The van der Waals surface area contributed by atoms with E-state index in [1.165, 1.54) is 16.4 Å². The van der Waals surface area contributed by atoms with Crippen molar-refractivity contribution in [3.8, 4) is 10.6 Å². The zero-order chi connectivity index (χ0) is 15.2. The van der Waals surface area contributed by atoms with Gasteiger partial charge in [0, 0.05) is 37.9 Å². The van der Waals surface area contributed by atoms with Gasteiger partial charge < -0.3 is 9.47 Å². The molecule has 2 aliphatic rings. The Kier molecular flexibility index (Phi) is 3.33. The predicted molar refractivity (Wildman–Crippen MR) is 87.8 cm³/mol. The smallest absolute Gasteiger partial charge is 0.222 e. The molecule has 2 aliphatic heterocycles. The van der Waals surface area contributed by atoms with Crippen LogP contribution in [-0.2, 0) is 17.8 Å². The van der Waals surface area contributed by atoms with Gasteiger partial charge in [0.15, 0.2) is 0 Å². The van der Waals surface area contributed by atoms with Crippen molar-refractivity contribution in [3.63, 3.8) is 0 Å².